The van der Waals surface area contributed by atoms with Gasteiger partial charge in [-0.2, -0.15) is 0 Å². The van der Waals surface area contributed by atoms with Gasteiger partial charge in [0.2, 0.25) is 0 Å². The van der Waals surface area contributed by atoms with Crippen LogP contribution in [0.5, 0.6) is 0 Å². The third-order valence-electron chi connectivity index (χ3n) is 3.44. The zero-order valence-electron chi connectivity index (χ0n) is 11.8. The molecule has 0 radical (unpaired) electrons. The summed E-state index contributed by atoms with van der Waals surface area (Å²) in [5.41, 5.74) is 0.872. The van der Waals surface area contributed by atoms with Crippen LogP contribution in [0, 0.1) is 5.82 Å². The standard InChI is InChI=1S/C15H22FNO3/c1-17(13-4-2-12(16)3-5-13)10-14(18)11-20-15-6-8-19-9-7-15/h2-5,14-15,18H,6-11H2,1H3. The summed E-state index contributed by atoms with van der Waals surface area (Å²) in [6.45, 7) is 2.23. The van der Waals surface area contributed by atoms with Crippen LogP contribution in [0.25, 0.3) is 0 Å². The van der Waals surface area contributed by atoms with E-state index in [1.807, 2.05) is 11.9 Å². The van der Waals surface area contributed by atoms with Crippen LogP contribution in [0.2, 0.25) is 0 Å². The van der Waals surface area contributed by atoms with Gasteiger partial charge in [0.05, 0.1) is 18.8 Å². The summed E-state index contributed by atoms with van der Waals surface area (Å²) in [4.78, 5) is 1.89. The second kappa shape index (κ2) is 7.57. The minimum absolute atomic E-state index is 0.189. The predicted molar refractivity (Wildman–Crippen MR) is 75.5 cm³/mol. The number of halogens is 1. The lowest BCUT2D eigenvalue weighted by Crippen LogP contribution is -2.34. The van der Waals surface area contributed by atoms with E-state index in [2.05, 4.69) is 0 Å². The van der Waals surface area contributed by atoms with Crippen molar-refractivity contribution in [3.63, 3.8) is 0 Å². The fourth-order valence-corrected chi connectivity index (χ4v) is 2.26. The van der Waals surface area contributed by atoms with Crippen molar-refractivity contribution in [2.75, 3.05) is 38.3 Å². The molecule has 1 atom stereocenters. The molecule has 5 heteroatoms. The molecule has 1 unspecified atom stereocenters. The molecule has 0 aromatic heterocycles. The maximum absolute atomic E-state index is 12.8. The van der Waals surface area contributed by atoms with Crippen LogP contribution < -0.4 is 4.90 Å². The fourth-order valence-electron chi connectivity index (χ4n) is 2.26. The van der Waals surface area contributed by atoms with Crippen LogP contribution in [0.4, 0.5) is 10.1 Å². The van der Waals surface area contributed by atoms with Crippen LogP contribution in [-0.2, 0) is 9.47 Å². The Bertz CT molecular complexity index is 393. The van der Waals surface area contributed by atoms with Gasteiger partial charge in [-0.25, -0.2) is 4.39 Å². The highest BCUT2D eigenvalue weighted by Crippen LogP contribution is 2.14. The predicted octanol–water partition coefficient (Wildman–Crippen LogP) is 1.82. The molecule has 2 rings (SSSR count). The molecule has 1 fully saturated rings. The van der Waals surface area contributed by atoms with Crippen LogP contribution in [0.1, 0.15) is 12.8 Å². The number of rotatable bonds is 6. The van der Waals surface area contributed by atoms with Gasteiger partial charge in [-0.15, -0.1) is 0 Å². The summed E-state index contributed by atoms with van der Waals surface area (Å²) < 4.78 is 23.8. The number of hydrogen-bond donors (Lipinski definition) is 1. The molecule has 1 heterocycles. The van der Waals surface area contributed by atoms with Crippen molar-refractivity contribution in [2.24, 2.45) is 0 Å². The summed E-state index contributed by atoms with van der Waals surface area (Å²) in [6.07, 6.45) is 1.41. The van der Waals surface area contributed by atoms with Crippen molar-refractivity contribution in [3.05, 3.63) is 30.1 Å². The Balaban J connectivity index is 1.72. The number of likely N-dealkylation sites (N-methyl/N-ethyl adjacent to an activating group) is 1. The van der Waals surface area contributed by atoms with E-state index in [1.165, 1.54) is 12.1 Å². The monoisotopic (exact) mass is 283 g/mol. The van der Waals surface area contributed by atoms with Crippen LogP contribution in [0.15, 0.2) is 24.3 Å². The van der Waals surface area contributed by atoms with Crippen LogP contribution in [0.3, 0.4) is 0 Å². The number of ether oxygens (including phenoxy) is 2. The number of aliphatic hydroxyl groups excluding tert-OH is 1. The zero-order chi connectivity index (χ0) is 14.4. The number of hydrogen-bond acceptors (Lipinski definition) is 4. The number of benzene rings is 1. The first-order valence-electron chi connectivity index (χ1n) is 6.99. The first-order chi connectivity index (χ1) is 9.65. The van der Waals surface area contributed by atoms with E-state index >= 15 is 0 Å². The summed E-state index contributed by atoms with van der Waals surface area (Å²) in [6, 6.07) is 6.22. The van der Waals surface area contributed by atoms with E-state index in [1.54, 1.807) is 12.1 Å². The largest absolute Gasteiger partial charge is 0.389 e. The fraction of sp³-hybridized carbons (Fsp3) is 0.600. The Kier molecular flexibility index (Phi) is 5.76. The Hall–Kier alpha value is -1.17. The lowest BCUT2D eigenvalue weighted by molar-refractivity contribution is -0.0573. The topological polar surface area (TPSA) is 41.9 Å². The Labute approximate surface area is 119 Å². The highest BCUT2D eigenvalue weighted by atomic mass is 19.1. The van der Waals surface area contributed by atoms with E-state index in [9.17, 15) is 9.50 Å². The van der Waals surface area contributed by atoms with Gasteiger partial charge in [-0.05, 0) is 37.1 Å². The molecule has 1 saturated heterocycles. The maximum atomic E-state index is 12.8. The van der Waals surface area contributed by atoms with Crippen molar-refractivity contribution in [2.45, 2.75) is 25.0 Å². The first kappa shape index (κ1) is 15.2. The number of aliphatic hydroxyl groups is 1. The molecule has 0 aliphatic carbocycles. The van der Waals surface area contributed by atoms with Crippen molar-refractivity contribution in [3.8, 4) is 0 Å². The quantitative estimate of drug-likeness (QED) is 0.864. The van der Waals surface area contributed by atoms with Gasteiger partial charge in [0.1, 0.15) is 5.82 Å². The molecule has 1 N–H and O–H groups in total. The molecule has 1 aromatic carbocycles. The zero-order valence-corrected chi connectivity index (χ0v) is 11.8. The van der Waals surface area contributed by atoms with E-state index < -0.39 is 6.10 Å². The molecule has 20 heavy (non-hydrogen) atoms. The van der Waals surface area contributed by atoms with Gasteiger partial charge in [-0.3, -0.25) is 0 Å². The minimum Gasteiger partial charge on any atom is -0.389 e. The van der Waals surface area contributed by atoms with Gasteiger partial charge in [0, 0.05) is 32.5 Å². The average molecular weight is 283 g/mol. The summed E-state index contributed by atoms with van der Waals surface area (Å²) >= 11 is 0. The molecule has 0 amide bonds. The number of anilines is 1. The van der Waals surface area contributed by atoms with Crippen molar-refractivity contribution >= 4 is 5.69 Å². The van der Waals surface area contributed by atoms with E-state index in [0.717, 1.165) is 31.7 Å². The normalized spacial score (nSPS) is 17.9. The van der Waals surface area contributed by atoms with Crippen LogP contribution in [-0.4, -0.2) is 50.7 Å². The molecule has 1 aromatic rings. The second-order valence-electron chi connectivity index (χ2n) is 5.16. The molecule has 1 aliphatic heterocycles. The molecule has 0 spiro atoms. The Morgan fingerprint density at radius 1 is 1.35 bits per heavy atom. The van der Waals surface area contributed by atoms with E-state index in [-0.39, 0.29) is 11.9 Å². The molecule has 0 bridgehead atoms. The van der Waals surface area contributed by atoms with Crippen molar-refractivity contribution in [1.82, 2.24) is 0 Å². The summed E-state index contributed by atoms with van der Waals surface area (Å²) in [5.74, 6) is -0.259. The Morgan fingerprint density at radius 2 is 2.00 bits per heavy atom. The van der Waals surface area contributed by atoms with Crippen molar-refractivity contribution < 1.29 is 19.0 Å². The second-order valence-corrected chi connectivity index (χ2v) is 5.16. The number of nitrogens with zero attached hydrogens (tertiary/aromatic N) is 1. The van der Waals surface area contributed by atoms with Gasteiger partial charge in [0.15, 0.2) is 0 Å². The summed E-state index contributed by atoms with van der Waals surface area (Å²) in [7, 11) is 1.87. The summed E-state index contributed by atoms with van der Waals surface area (Å²) in [5, 5.41) is 9.99. The maximum Gasteiger partial charge on any atom is 0.123 e. The van der Waals surface area contributed by atoms with Crippen LogP contribution >= 0.6 is 0 Å². The van der Waals surface area contributed by atoms with Crippen molar-refractivity contribution in [1.29, 1.82) is 0 Å². The molecule has 0 saturated carbocycles. The third kappa shape index (κ3) is 4.74. The highest BCUT2D eigenvalue weighted by molar-refractivity contribution is 5.45. The first-order valence-corrected chi connectivity index (χ1v) is 6.99. The van der Waals surface area contributed by atoms with Gasteiger partial charge < -0.3 is 19.5 Å². The molecule has 112 valence electrons. The molecular formula is C15H22FNO3. The van der Waals surface area contributed by atoms with Gasteiger partial charge in [0.25, 0.3) is 0 Å². The lowest BCUT2D eigenvalue weighted by Gasteiger charge is -2.26. The van der Waals surface area contributed by atoms with E-state index in [4.69, 9.17) is 9.47 Å². The Morgan fingerprint density at radius 3 is 2.65 bits per heavy atom. The van der Waals surface area contributed by atoms with E-state index in [0.29, 0.717) is 13.2 Å². The van der Waals surface area contributed by atoms with Gasteiger partial charge in [-0.1, -0.05) is 0 Å². The van der Waals surface area contributed by atoms with Gasteiger partial charge >= 0.3 is 0 Å². The smallest absolute Gasteiger partial charge is 0.123 e. The molecule has 1 aliphatic rings. The third-order valence-corrected chi connectivity index (χ3v) is 3.44. The highest BCUT2D eigenvalue weighted by Gasteiger charge is 2.16. The SMILES string of the molecule is CN(CC(O)COC1CCOCC1)c1ccc(F)cc1. The molecule has 4 nitrogen and oxygen atoms in total. The average Bonchev–Trinajstić information content (AvgIpc) is 2.47. The molecular weight excluding hydrogens is 261 g/mol. The minimum atomic E-state index is -0.562. The lowest BCUT2D eigenvalue weighted by atomic mass is 10.1.